The molecule has 1 rings (SSSR count). The van der Waals surface area contributed by atoms with Gasteiger partial charge < -0.3 is 15.4 Å². The maximum Gasteiger partial charge on any atom is 0.0637 e. The molecule has 0 radical (unpaired) electrons. The van der Waals surface area contributed by atoms with Gasteiger partial charge >= 0.3 is 0 Å². The quantitative estimate of drug-likeness (QED) is 0.786. The Labute approximate surface area is 118 Å². The topological polar surface area (TPSA) is 38.5 Å². The fourth-order valence-electron chi connectivity index (χ4n) is 1.73. The normalized spacial score (nSPS) is 12.2. The van der Waals surface area contributed by atoms with Crippen molar-refractivity contribution in [3.05, 3.63) is 40.9 Å². The Morgan fingerprint density at radius 1 is 1.56 bits per heavy atom. The highest BCUT2D eigenvalue weighted by atomic mass is 79.9. The van der Waals surface area contributed by atoms with Crippen LogP contribution in [0.25, 0.3) is 0 Å². The second kappa shape index (κ2) is 7.56. The van der Waals surface area contributed by atoms with E-state index in [2.05, 4.69) is 45.6 Å². The summed E-state index contributed by atoms with van der Waals surface area (Å²) in [5, 5.41) is 0. The number of benzene rings is 1. The lowest BCUT2D eigenvalue weighted by molar-refractivity contribution is 0.205. The molecule has 0 saturated carbocycles. The highest BCUT2D eigenvalue weighted by Gasteiger charge is 2.10. The van der Waals surface area contributed by atoms with E-state index < -0.39 is 0 Å². The molecule has 1 unspecified atom stereocenters. The minimum Gasteiger partial charge on any atom is -0.383 e. The van der Waals surface area contributed by atoms with Gasteiger partial charge in [-0.2, -0.15) is 0 Å². The van der Waals surface area contributed by atoms with Crippen molar-refractivity contribution < 1.29 is 4.74 Å². The van der Waals surface area contributed by atoms with Crippen LogP contribution in [0.4, 0.5) is 5.69 Å². The van der Waals surface area contributed by atoms with E-state index in [-0.39, 0.29) is 6.04 Å². The van der Waals surface area contributed by atoms with E-state index in [1.54, 1.807) is 7.11 Å². The molecule has 0 bridgehead atoms. The summed E-state index contributed by atoms with van der Waals surface area (Å²) >= 11 is 3.61. The first kappa shape index (κ1) is 15.2. The fourth-order valence-corrected chi connectivity index (χ4v) is 2.38. The summed E-state index contributed by atoms with van der Waals surface area (Å²) in [6.45, 7) is 8.08. The summed E-state index contributed by atoms with van der Waals surface area (Å²) in [5.74, 6) is 0. The number of hydrogen-bond donors (Lipinski definition) is 1. The number of halogens is 1. The largest absolute Gasteiger partial charge is 0.383 e. The summed E-state index contributed by atoms with van der Waals surface area (Å²) in [7, 11) is 1.71. The smallest absolute Gasteiger partial charge is 0.0637 e. The van der Waals surface area contributed by atoms with E-state index in [0.717, 1.165) is 28.8 Å². The van der Waals surface area contributed by atoms with Gasteiger partial charge in [-0.05, 0) is 40.5 Å². The molecule has 1 aromatic carbocycles. The predicted octanol–water partition coefficient (Wildman–Crippen LogP) is 3.11. The van der Waals surface area contributed by atoms with Crippen molar-refractivity contribution in [3.8, 4) is 0 Å². The molecule has 4 heteroatoms. The third kappa shape index (κ3) is 4.12. The van der Waals surface area contributed by atoms with Gasteiger partial charge in [0.1, 0.15) is 0 Å². The van der Waals surface area contributed by atoms with Crippen LogP contribution in [0.1, 0.15) is 18.5 Å². The highest BCUT2D eigenvalue weighted by Crippen LogP contribution is 2.28. The molecule has 1 atom stereocenters. The molecule has 3 nitrogen and oxygen atoms in total. The second-order valence-corrected chi connectivity index (χ2v) is 5.08. The molecule has 0 aliphatic rings. The summed E-state index contributed by atoms with van der Waals surface area (Å²) in [4.78, 5) is 2.21. The number of methoxy groups -OCH3 is 1. The number of rotatable bonds is 7. The van der Waals surface area contributed by atoms with Crippen LogP contribution in [-0.2, 0) is 4.74 Å². The molecule has 0 spiro atoms. The van der Waals surface area contributed by atoms with Crippen LogP contribution < -0.4 is 10.6 Å². The standard InChI is InChI=1S/C14H21BrN2O/c1-4-7-17(8-9-18-3)14-6-5-12(11(2)16)10-13(14)15/h4-6,10-11H,1,7-9,16H2,2-3H3. The zero-order chi connectivity index (χ0) is 13.5. The lowest BCUT2D eigenvalue weighted by Gasteiger charge is -2.25. The fraction of sp³-hybridized carbons (Fsp3) is 0.429. The van der Waals surface area contributed by atoms with E-state index >= 15 is 0 Å². The zero-order valence-electron chi connectivity index (χ0n) is 11.0. The third-order valence-corrected chi connectivity index (χ3v) is 3.39. The van der Waals surface area contributed by atoms with Crippen LogP contribution >= 0.6 is 15.9 Å². The SMILES string of the molecule is C=CCN(CCOC)c1ccc(C(C)N)cc1Br. The molecular weight excluding hydrogens is 292 g/mol. The van der Waals surface area contributed by atoms with Crippen molar-refractivity contribution in [1.29, 1.82) is 0 Å². The molecule has 0 aliphatic heterocycles. The van der Waals surface area contributed by atoms with Crippen LogP contribution in [0.5, 0.6) is 0 Å². The molecule has 0 saturated heterocycles. The van der Waals surface area contributed by atoms with Crippen LogP contribution in [0.15, 0.2) is 35.3 Å². The van der Waals surface area contributed by atoms with Crippen LogP contribution in [0, 0.1) is 0 Å². The molecule has 0 fully saturated rings. The molecule has 1 aromatic rings. The van der Waals surface area contributed by atoms with Crippen molar-refractivity contribution >= 4 is 21.6 Å². The highest BCUT2D eigenvalue weighted by molar-refractivity contribution is 9.10. The van der Waals surface area contributed by atoms with Crippen LogP contribution in [0.3, 0.4) is 0 Å². The zero-order valence-corrected chi connectivity index (χ0v) is 12.6. The monoisotopic (exact) mass is 312 g/mol. The van der Waals surface area contributed by atoms with Gasteiger partial charge in [0, 0.05) is 30.7 Å². The van der Waals surface area contributed by atoms with Gasteiger partial charge in [0.05, 0.1) is 12.3 Å². The van der Waals surface area contributed by atoms with E-state index in [1.165, 1.54) is 0 Å². The second-order valence-electron chi connectivity index (χ2n) is 4.23. The van der Waals surface area contributed by atoms with E-state index in [0.29, 0.717) is 6.61 Å². The first-order valence-electron chi connectivity index (χ1n) is 6.00. The summed E-state index contributed by atoms with van der Waals surface area (Å²) < 4.78 is 6.18. The molecule has 18 heavy (non-hydrogen) atoms. The van der Waals surface area contributed by atoms with E-state index in [4.69, 9.17) is 10.5 Å². The van der Waals surface area contributed by atoms with Crippen LogP contribution in [0.2, 0.25) is 0 Å². The Bertz CT molecular complexity index is 393. The predicted molar refractivity (Wildman–Crippen MR) is 81.0 cm³/mol. The number of ether oxygens (including phenoxy) is 1. The van der Waals surface area contributed by atoms with Crippen LogP contribution in [-0.4, -0.2) is 26.8 Å². The van der Waals surface area contributed by atoms with Crippen molar-refractivity contribution in [1.82, 2.24) is 0 Å². The summed E-state index contributed by atoms with van der Waals surface area (Å²) in [6, 6.07) is 6.26. The Hall–Kier alpha value is -0.840. The average Bonchev–Trinajstić information content (AvgIpc) is 2.34. The van der Waals surface area contributed by atoms with E-state index in [9.17, 15) is 0 Å². The van der Waals surface area contributed by atoms with Gasteiger partial charge in [-0.15, -0.1) is 6.58 Å². The molecular formula is C14H21BrN2O. The van der Waals surface area contributed by atoms with E-state index in [1.807, 2.05) is 13.0 Å². The molecule has 0 aromatic heterocycles. The maximum absolute atomic E-state index is 5.88. The Kier molecular flexibility index (Phi) is 6.39. The van der Waals surface area contributed by atoms with Gasteiger partial charge in [-0.3, -0.25) is 0 Å². The molecule has 0 aliphatic carbocycles. The summed E-state index contributed by atoms with van der Waals surface area (Å²) in [5.41, 5.74) is 8.13. The first-order chi connectivity index (χ1) is 8.60. The minimum atomic E-state index is 0.0437. The number of nitrogens with two attached hydrogens (primary N) is 1. The Balaban J connectivity index is 2.93. The van der Waals surface area contributed by atoms with Gasteiger partial charge in [-0.1, -0.05) is 12.1 Å². The molecule has 0 heterocycles. The maximum atomic E-state index is 5.88. The lowest BCUT2D eigenvalue weighted by atomic mass is 10.1. The van der Waals surface area contributed by atoms with Crippen molar-refractivity contribution in [3.63, 3.8) is 0 Å². The van der Waals surface area contributed by atoms with Crippen molar-refractivity contribution in [2.24, 2.45) is 5.73 Å². The van der Waals surface area contributed by atoms with Gasteiger partial charge in [0.2, 0.25) is 0 Å². The van der Waals surface area contributed by atoms with Gasteiger partial charge in [0.15, 0.2) is 0 Å². The molecule has 2 N–H and O–H groups in total. The Morgan fingerprint density at radius 3 is 2.78 bits per heavy atom. The van der Waals surface area contributed by atoms with Crippen molar-refractivity contribution in [2.45, 2.75) is 13.0 Å². The van der Waals surface area contributed by atoms with Crippen molar-refractivity contribution in [2.75, 3.05) is 31.7 Å². The first-order valence-corrected chi connectivity index (χ1v) is 6.79. The lowest BCUT2D eigenvalue weighted by Crippen LogP contribution is -2.27. The number of anilines is 1. The number of nitrogens with zero attached hydrogens (tertiary/aromatic N) is 1. The third-order valence-electron chi connectivity index (χ3n) is 2.75. The molecule has 100 valence electrons. The number of hydrogen-bond acceptors (Lipinski definition) is 3. The summed E-state index contributed by atoms with van der Waals surface area (Å²) in [6.07, 6.45) is 1.89. The van der Waals surface area contributed by atoms with Gasteiger partial charge in [0.25, 0.3) is 0 Å². The van der Waals surface area contributed by atoms with Gasteiger partial charge in [-0.25, -0.2) is 0 Å². The molecule has 0 amide bonds. The average molecular weight is 313 g/mol. The minimum absolute atomic E-state index is 0.0437. The Morgan fingerprint density at radius 2 is 2.28 bits per heavy atom.